The van der Waals surface area contributed by atoms with E-state index in [0.29, 0.717) is 0 Å². The minimum atomic E-state index is 0.759. The molecule has 0 nitrogen and oxygen atoms in total. The first-order valence-corrected chi connectivity index (χ1v) is 5.67. The minimum absolute atomic E-state index is 0.759. The second kappa shape index (κ2) is 2.08. The molecule has 4 aliphatic rings. The Morgan fingerprint density at radius 1 is 1.00 bits per heavy atom. The zero-order chi connectivity index (χ0) is 8.34. The van der Waals surface area contributed by atoms with Gasteiger partial charge in [0.05, 0.1) is 0 Å². The van der Waals surface area contributed by atoms with E-state index in [4.69, 9.17) is 0 Å². The highest BCUT2D eigenvalue weighted by atomic mass is 14.6. The molecular formula is C12H20. The zero-order valence-corrected chi connectivity index (χ0v) is 8.34. The summed E-state index contributed by atoms with van der Waals surface area (Å²) in [6.07, 6.45) is 7.85. The standard InChI is InChI=1S/C12H20/c1-8-11-4-9-3-10(5-11)7-12(8,2)6-9/h8-11H,3-7H2,1-2H3/t8-,9-,10+,11?,12?/m0/s1. The normalized spacial score (nSPS) is 62.5. The molecule has 0 aliphatic heterocycles. The van der Waals surface area contributed by atoms with E-state index in [9.17, 15) is 0 Å². The molecule has 4 bridgehead atoms. The molecule has 0 heteroatoms. The highest BCUT2D eigenvalue weighted by Crippen LogP contribution is 2.62. The third kappa shape index (κ3) is 0.791. The van der Waals surface area contributed by atoms with Gasteiger partial charge in [0.15, 0.2) is 0 Å². The Morgan fingerprint density at radius 3 is 2.08 bits per heavy atom. The van der Waals surface area contributed by atoms with Crippen molar-refractivity contribution in [1.29, 1.82) is 0 Å². The maximum Gasteiger partial charge on any atom is -0.0292 e. The van der Waals surface area contributed by atoms with Gasteiger partial charge in [0.25, 0.3) is 0 Å². The van der Waals surface area contributed by atoms with Crippen molar-refractivity contribution in [3.63, 3.8) is 0 Å². The van der Waals surface area contributed by atoms with Crippen LogP contribution in [0.4, 0.5) is 0 Å². The smallest absolute Gasteiger partial charge is 0.0292 e. The lowest BCUT2D eigenvalue weighted by atomic mass is 9.46. The summed E-state index contributed by atoms with van der Waals surface area (Å²) in [6.45, 7) is 5.07. The van der Waals surface area contributed by atoms with Crippen molar-refractivity contribution in [3.05, 3.63) is 0 Å². The van der Waals surface area contributed by atoms with Crippen molar-refractivity contribution in [2.75, 3.05) is 0 Å². The lowest BCUT2D eigenvalue weighted by molar-refractivity contribution is -0.0906. The molecule has 0 aromatic heterocycles. The molecule has 4 fully saturated rings. The van der Waals surface area contributed by atoms with Crippen LogP contribution in [0, 0.1) is 29.1 Å². The molecule has 0 amide bonds. The van der Waals surface area contributed by atoms with Crippen molar-refractivity contribution >= 4 is 0 Å². The van der Waals surface area contributed by atoms with Crippen LogP contribution in [0.2, 0.25) is 0 Å². The largest absolute Gasteiger partial charge is 0.0617 e. The maximum atomic E-state index is 2.56. The Hall–Kier alpha value is 0. The molecule has 0 aromatic rings. The van der Waals surface area contributed by atoms with E-state index >= 15 is 0 Å². The van der Waals surface area contributed by atoms with E-state index in [0.717, 1.165) is 29.1 Å². The molecule has 12 heavy (non-hydrogen) atoms. The lowest BCUT2D eigenvalue weighted by Gasteiger charge is -2.59. The van der Waals surface area contributed by atoms with Gasteiger partial charge < -0.3 is 0 Å². The lowest BCUT2D eigenvalue weighted by Crippen LogP contribution is -2.50. The van der Waals surface area contributed by atoms with E-state index in [1.54, 1.807) is 32.1 Å². The molecule has 0 aromatic carbocycles. The topological polar surface area (TPSA) is 0 Å². The first-order chi connectivity index (χ1) is 5.67. The summed E-state index contributed by atoms with van der Waals surface area (Å²) < 4.78 is 0. The van der Waals surface area contributed by atoms with Crippen LogP contribution in [0.1, 0.15) is 46.0 Å². The van der Waals surface area contributed by atoms with E-state index in [1.807, 2.05) is 0 Å². The Labute approximate surface area is 75.7 Å². The van der Waals surface area contributed by atoms with Crippen LogP contribution in [0.25, 0.3) is 0 Å². The fraction of sp³-hybridized carbons (Fsp3) is 1.00. The van der Waals surface area contributed by atoms with E-state index in [1.165, 1.54) is 0 Å². The van der Waals surface area contributed by atoms with Crippen LogP contribution in [0.5, 0.6) is 0 Å². The molecule has 4 rings (SSSR count). The summed E-state index contributed by atoms with van der Waals surface area (Å²) in [5.74, 6) is 4.40. The molecule has 4 saturated carbocycles. The van der Waals surface area contributed by atoms with Crippen LogP contribution in [0.3, 0.4) is 0 Å². The van der Waals surface area contributed by atoms with Crippen molar-refractivity contribution in [2.45, 2.75) is 46.0 Å². The molecular weight excluding hydrogens is 144 g/mol. The molecule has 2 unspecified atom stereocenters. The van der Waals surface area contributed by atoms with Crippen molar-refractivity contribution in [3.8, 4) is 0 Å². The summed E-state index contributed by atoms with van der Waals surface area (Å²) in [5.41, 5.74) is 0.759. The van der Waals surface area contributed by atoms with Crippen LogP contribution in [-0.4, -0.2) is 0 Å². The fourth-order valence-corrected chi connectivity index (χ4v) is 4.70. The first kappa shape index (κ1) is 7.41. The summed E-state index contributed by atoms with van der Waals surface area (Å²) >= 11 is 0. The summed E-state index contributed by atoms with van der Waals surface area (Å²) in [7, 11) is 0. The predicted molar refractivity (Wildman–Crippen MR) is 50.8 cm³/mol. The molecule has 0 spiro atoms. The van der Waals surface area contributed by atoms with Gasteiger partial charge in [-0.05, 0) is 61.2 Å². The number of rotatable bonds is 0. The van der Waals surface area contributed by atoms with E-state index < -0.39 is 0 Å². The summed E-state index contributed by atoms with van der Waals surface area (Å²) in [6, 6.07) is 0. The van der Waals surface area contributed by atoms with Gasteiger partial charge in [-0.3, -0.25) is 0 Å². The first-order valence-electron chi connectivity index (χ1n) is 5.67. The SMILES string of the molecule is C[C@H]1C2C[C@@H]3C[C@H](C2)CC1(C)C3. The van der Waals surface area contributed by atoms with Gasteiger partial charge >= 0.3 is 0 Å². The van der Waals surface area contributed by atoms with Crippen molar-refractivity contribution < 1.29 is 0 Å². The second-order valence-corrected chi connectivity index (χ2v) is 6.05. The molecule has 5 atom stereocenters. The van der Waals surface area contributed by atoms with Crippen LogP contribution in [-0.2, 0) is 0 Å². The summed E-state index contributed by atoms with van der Waals surface area (Å²) in [5, 5.41) is 0. The molecule has 68 valence electrons. The third-order valence-electron chi connectivity index (χ3n) is 5.26. The Kier molecular flexibility index (Phi) is 1.28. The van der Waals surface area contributed by atoms with Gasteiger partial charge in [0.1, 0.15) is 0 Å². The number of hydrogen-bond donors (Lipinski definition) is 0. The molecule has 0 saturated heterocycles. The van der Waals surface area contributed by atoms with Crippen molar-refractivity contribution in [2.24, 2.45) is 29.1 Å². The van der Waals surface area contributed by atoms with E-state index in [2.05, 4.69) is 13.8 Å². The predicted octanol–water partition coefficient (Wildman–Crippen LogP) is 3.47. The fourth-order valence-electron chi connectivity index (χ4n) is 4.70. The van der Waals surface area contributed by atoms with Gasteiger partial charge in [0.2, 0.25) is 0 Å². The third-order valence-corrected chi connectivity index (χ3v) is 5.26. The van der Waals surface area contributed by atoms with Gasteiger partial charge in [-0.15, -0.1) is 0 Å². The van der Waals surface area contributed by atoms with Gasteiger partial charge in [0, 0.05) is 0 Å². The van der Waals surface area contributed by atoms with Crippen LogP contribution >= 0.6 is 0 Å². The summed E-state index contributed by atoms with van der Waals surface area (Å²) in [4.78, 5) is 0. The Morgan fingerprint density at radius 2 is 1.58 bits per heavy atom. The molecule has 0 N–H and O–H groups in total. The highest BCUT2D eigenvalue weighted by Gasteiger charge is 2.52. The Balaban J connectivity index is 1.97. The van der Waals surface area contributed by atoms with Gasteiger partial charge in [-0.25, -0.2) is 0 Å². The van der Waals surface area contributed by atoms with Crippen LogP contribution < -0.4 is 0 Å². The average Bonchev–Trinajstić information content (AvgIpc) is 1.98. The zero-order valence-electron chi connectivity index (χ0n) is 8.34. The molecule has 0 radical (unpaired) electrons. The van der Waals surface area contributed by atoms with Gasteiger partial charge in [-0.1, -0.05) is 13.8 Å². The minimum Gasteiger partial charge on any atom is -0.0617 e. The molecule has 4 aliphatic carbocycles. The maximum absolute atomic E-state index is 2.56. The van der Waals surface area contributed by atoms with Gasteiger partial charge in [-0.2, -0.15) is 0 Å². The quantitative estimate of drug-likeness (QED) is 0.514. The average molecular weight is 164 g/mol. The van der Waals surface area contributed by atoms with Crippen LogP contribution in [0.15, 0.2) is 0 Å². The Bertz CT molecular complexity index is 192. The number of hydrogen-bond acceptors (Lipinski definition) is 0. The highest BCUT2D eigenvalue weighted by molar-refractivity contribution is 5.02. The van der Waals surface area contributed by atoms with Crippen molar-refractivity contribution in [1.82, 2.24) is 0 Å². The second-order valence-electron chi connectivity index (χ2n) is 6.05. The monoisotopic (exact) mass is 164 g/mol. The molecule has 0 heterocycles. The van der Waals surface area contributed by atoms with E-state index in [-0.39, 0.29) is 0 Å².